The molecule has 1 aliphatic rings. The number of aromatic amines is 1. The maximum atomic E-state index is 5.35. The lowest BCUT2D eigenvalue weighted by Gasteiger charge is -2.23. The number of hydrogen-bond acceptors (Lipinski definition) is 3. The molecule has 12 heavy (non-hydrogen) atoms. The van der Waals surface area contributed by atoms with Crippen LogP contribution >= 0.6 is 0 Å². The zero-order valence-electron chi connectivity index (χ0n) is 7.13. The molecule has 1 aliphatic heterocycles. The van der Waals surface area contributed by atoms with Crippen LogP contribution in [0.15, 0.2) is 6.20 Å². The minimum atomic E-state index is 0.293. The van der Waals surface area contributed by atoms with Gasteiger partial charge in [-0.3, -0.25) is 5.10 Å². The van der Waals surface area contributed by atoms with Gasteiger partial charge in [0.25, 0.3) is 0 Å². The number of nitrogens with one attached hydrogen (secondary N) is 2. The minimum absolute atomic E-state index is 0.293. The molecule has 0 radical (unpaired) electrons. The molecule has 1 unspecified atom stereocenters. The number of ether oxygens (including phenoxy) is 1. The van der Waals surface area contributed by atoms with Crippen LogP contribution < -0.4 is 5.32 Å². The number of hydrogen-bond donors (Lipinski definition) is 2. The second-order valence-electron chi connectivity index (χ2n) is 3.05. The van der Waals surface area contributed by atoms with Gasteiger partial charge in [-0.05, 0) is 12.5 Å². The summed E-state index contributed by atoms with van der Waals surface area (Å²) in [5.41, 5.74) is 2.34. The van der Waals surface area contributed by atoms with Gasteiger partial charge in [-0.25, -0.2) is 0 Å². The Bertz CT molecular complexity index is 253. The zero-order valence-corrected chi connectivity index (χ0v) is 7.13. The van der Waals surface area contributed by atoms with Crippen LogP contribution in [0.25, 0.3) is 0 Å². The lowest BCUT2D eigenvalue weighted by Crippen LogP contribution is -2.35. The minimum Gasteiger partial charge on any atom is -0.378 e. The Kier molecular flexibility index (Phi) is 2.10. The van der Waals surface area contributed by atoms with Gasteiger partial charge in [-0.2, -0.15) is 5.10 Å². The van der Waals surface area contributed by atoms with Gasteiger partial charge in [0.05, 0.1) is 31.1 Å². The first-order valence-electron chi connectivity index (χ1n) is 4.19. The van der Waals surface area contributed by atoms with Gasteiger partial charge in [-0.1, -0.05) is 0 Å². The number of nitrogens with zero attached hydrogens (tertiary/aromatic N) is 1. The molecule has 0 saturated carbocycles. The van der Waals surface area contributed by atoms with E-state index in [2.05, 4.69) is 22.4 Å². The molecule has 1 saturated heterocycles. The fraction of sp³-hybridized carbons (Fsp3) is 0.625. The van der Waals surface area contributed by atoms with E-state index in [1.165, 1.54) is 5.56 Å². The van der Waals surface area contributed by atoms with Crippen molar-refractivity contribution in [2.24, 2.45) is 0 Å². The van der Waals surface area contributed by atoms with E-state index in [-0.39, 0.29) is 0 Å². The molecule has 2 rings (SSSR count). The molecule has 0 amide bonds. The summed E-state index contributed by atoms with van der Waals surface area (Å²) >= 11 is 0. The third-order valence-electron chi connectivity index (χ3n) is 2.14. The van der Waals surface area contributed by atoms with Crippen LogP contribution in [0.4, 0.5) is 0 Å². The molecule has 0 bridgehead atoms. The van der Waals surface area contributed by atoms with Crippen LogP contribution in [0.3, 0.4) is 0 Å². The molecule has 2 N–H and O–H groups in total. The summed E-state index contributed by atoms with van der Waals surface area (Å²) in [6.45, 7) is 4.52. The lowest BCUT2D eigenvalue weighted by atomic mass is 10.1. The zero-order chi connectivity index (χ0) is 8.39. The summed E-state index contributed by atoms with van der Waals surface area (Å²) in [4.78, 5) is 0. The SMILES string of the molecule is Cc1cn[nH]c1C1COCCN1. The van der Waals surface area contributed by atoms with Gasteiger partial charge < -0.3 is 10.1 Å². The molecule has 1 aromatic rings. The van der Waals surface area contributed by atoms with Gasteiger partial charge in [0.1, 0.15) is 0 Å². The Balaban J connectivity index is 2.13. The van der Waals surface area contributed by atoms with Crippen LogP contribution in [-0.4, -0.2) is 30.0 Å². The van der Waals surface area contributed by atoms with Gasteiger partial charge in [-0.15, -0.1) is 0 Å². The highest BCUT2D eigenvalue weighted by Gasteiger charge is 2.17. The van der Waals surface area contributed by atoms with Crippen LogP contribution in [-0.2, 0) is 4.74 Å². The first-order chi connectivity index (χ1) is 5.88. The Hall–Kier alpha value is -0.870. The Morgan fingerprint density at radius 1 is 1.67 bits per heavy atom. The molecule has 1 aromatic heterocycles. The van der Waals surface area contributed by atoms with E-state index in [0.29, 0.717) is 6.04 Å². The molecule has 0 spiro atoms. The summed E-state index contributed by atoms with van der Waals surface area (Å²) in [6, 6.07) is 0.293. The number of H-pyrrole nitrogens is 1. The van der Waals surface area contributed by atoms with Crippen molar-refractivity contribution in [3.8, 4) is 0 Å². The van der Waals surface area contributed by atoms with E-state index in [1.807, 2.05) is 6.20 Å². The van der Waals surface area contributed by atoms with Gasteiger partial charge in [0, 0.05) is 6.54 Å². The fourth-order valence-electron chi connectivity index (χ4n) is 1.46. The average molecular weight is 167 g/mol. The Labute approximate surface area is 71.3 Å². The molecule has 2 heterocycles. The lowest BCUT2D eigenvalue weighted by molar-refractivity contribution is 0.0754. The Morgan fingerprint density at radius 2 is 2.58 bits per heavy atom. The summed E-state index contributed by atoms with van der Waals surface area (Å²) in [7, 11) is 0. The highest BCUT2D eigenvalue weighted by Crippen LogP contribution is 2.15. The molecule has 0 aliphatic carbocycles. The second kappa shape index (κ2) is 3.25. The van der Waals surface area contributed by atoms with Crippen molar-refractivity contribution in [2.45, 2.75) is 13.0 Å². The number of morpholine rings is 1. The van der Waals surface area contributed by atoms with Crippen LogP contribution in [0.1, 0.15) is 17.3 Å². The van der Waals surface area contributed by atoms with Gasteiger partial charge in [0.2, 0.25) is 0 Å². The summed E-state index contributed by atoms with van der Waals surface area (Å²) in [6.07, 6.45) is 1.84. The number of aryl methyl sites for hydroxylation is 1. The van der Waals surface area contributed by atoms with Crippen LogP contribution in [0.5, 0.6) is 0 Å². The normalized spacial score (nSPS) is 24.2. The van der Waals surface area contributed by atoms with Crippen molar-refractivity contribution in [2.75, 3.05) is 19.8 Å². The van der Waals surface area contributed by atoms with Crippen molar-refractivity contribution in [3.05, 3.63) is 17.5 Å². The van der Waals surface area contributed by atoms with Crippen molar-refractivity contribution in [1.29, 1.82) is 0 Å². The van der Waals surface area contributed by atoms with E-state index < -0.39 is 0 Å². The average Bonchev–Trinajstić information content (AvgIpc) is 2.53. The highest BCUT2D eigenvalue weighted by molar-refractivity contribution is 5.18. The van der Waals surface area contributed by atoms with E-state index in [1.54, 1.807) is 0 Å². The third-order valence-corrected chi connectivity index (χ3v) is 2.14. The molecule has 1 fully saturated rings. The standard InChI is InChI=1S/C8H13N3O/c1-6-4-10-11-8(6)7-5-12-3-2-9-7/h4,7,9H,2-3,5H2,1H3,(H,10,11). The second-order valence-corrected chi connectivity index (χ2v) is 3.05. The van der Waals surface area contributed by atoms with E-state index in [0.717, 1.165) is 25.5 Å². The van der Waals surface area contributed by atoms with E-state index in [4.69, 9.17) is 4.74 Å². The van der Waals surface area contributed by atoms with Crippen molar-refractivity contribution >= 4 is 0 Å². The fourth-order valence-corrected chi connectivity index (χ4v) is 1.46. The van der Waals surface area contributed by atoms with Crippen molar-refractivity contribution in [3.63, 3.8) is 0 Å². The molecule has 4 nitrogen and oxygen atoms in total. The predicted molar refractivity (Wildman–Crippen MR) is 44.9 cm³/mol. The first-order valence-corrected chi connectivity index (χ1v) is 4.19. The van der Waals surface area contributed by atoms with Crippen molar-refractivity contribution < 1.29 is 4.74 Å². The monoisotopic (exact) mass is 167 g/mol. The maximum Gasteiger partial charge on any atom is 0.0730 e. The molecule has 66 valence electrons. The number of aromatic nitrogens is 2. The quantitative estimate of drug-likeness (QED) is 0.635. The van der Waals surface area contributed by atoms with E-state index >= 15 is 0 Å². The summed E-state index contributed by atoms with van der Waals surface area (Å²) in [5, 5.41) is 10.3. The highest BCUT2D eigenvalue weighted by atomic mass is 16.5. The molecular formula is C8H13N3O. The van der Waals surface area contributed by atoms with Gasteiger partial charge >= 0.3 is 0 Å². The van der Waals surface area contributed by atoms with E-state index in [9.17, 15) is 0 Å². The van der Waals surface area contributed by atoms with Crippen LogP contribution in [0, 0.1) is 6.92 Å². The first kappa shape index (κ1) is 7.76. The molecule has 0 aromatic carbocycles. The smallest absolute Gasteiger partial charge is 0.0730 e. The predicted octanol–water partition coefficient (Wildman–Crippen LogP) is 0.379. The number of rotatable bonds is 1. The third kappa shape index (κ3) is 1.35. The largest absolute Gasteiger partial charge is 0.378 e. The maximum absolute atomic E-state index is 5.35. The molecular weight excluding hydrogens is 154 g/mol. The molecule has 1 atom stereocenters. The topological polar surface area (TPSA) is 49.9 Å². The van der Waals surface area contributed by atoms with Crippen molar-refractivity contribution in [1.82, 2.24) is 15.5 Å². The van der Waals surface area contributed by atoms with Gasteiger partial charge in [0.15, 0.2) is 0 Å². The molecule has 4 heteroatoms. The Morgan fingerprint density at radius 3 is 3.17 bits per heavy atom. The summed E-state index contributed by atoms with van der Waals surface area (Å²) < 4.78 is 5.35. The summed E-state index contributed by atoms with van der Waals surface area (Å²) in [5.74, 6) is 0. The van der Waals surface area contributed by atoms with Crippen LogP contribution in [0.2, 0.25) is 0 Å².